The largest absolute Gasteiger partial charge is 0.350 e. The topological polar surface area (TPSA) is 75.4 Å². The van der Waals surface area contributed by atoms with E-state index in [1.807, 2.05) is 56.3 Å². The number of amides is 2. The Morgan fingerprint density at radius 2 is 1.56 bits per heavy atom. The normalized spacial score (nSPS) is 12.4. The van der Waals surface area contributed by atoms with E-state index in [-0.39, 0.29) is 24.2 Å². The lowest BCUT2D eigenvalue weighted by atomic mass is 9.92. The van der Waals surface area contributed by atoms with Gasteiger partial charge in [-0.25, -0.2) is 0 Å². The first-order valence-corrected chi connectivity index (χ1v) is 8.91. The van der Waals surface area contributed by atoms with Crippen molar-refractivity contribution < 1.29 is 9.59 Å². The standard InChI is InChI=1S/C21H27N3O2.ClH/c1-4-24(5-2)19(25)17-13-11-16(12-14-17)15-23-20(26)21(3,22)18-9-7-6-8-10-18;/h6-14H,4-5,15,22H2,1-3H3,(H,23,26);1H. The molecule has 27 heavy (non-hydrogen) atoms. The molecule has 1 atom stereocenters. The molecule has 0 aliphatic carbocycles. The molecule has 3 N–H and O–H groups in total. The van der Waals surface area contributed by atoms with Gasteiger partial charge in [0.1, 0.15) is 5.54 Å². The van der Waals surface area contributed by atoms with Crippen molar-refractivity contribution in [2.75, 3.05) is 13.1 Å². The highest BCUT2D eigenvalue weighted by Gasteiger charge is 2.29. The zero-order valence-corrected chi connectivity index (χ0v) is 16.9. The fourth-order valence-corrected chi connectivity index (χ4v) is 2.74. The van der Waals surface area contributed by atoms with Crippen LogP contribution in [0.1, 0.15) is 42.3 Å². The molecule has 2 rings (SSSR count). The van der Waals surface area contributed by atoms with E-state index in [9.17, 15) is 9.59 Å². The number of benzene rings is 2. The predicted octanol–water partition coefficient (Wildman–Crippen LogP) is 3.08. The van der Waals surface area contributed by atoms with Crippen LogP contribution in [0.4, 0.5) is 0 Å². The van der Waals surface area contributed by atoms with Crippen LogP contribution in [-0.2, 0) is 16.9 Å². The highest BCUT2D eigenvalue weighted by Crippen LogP contribution is 2.17. The first kappa shape index (κ1) is 22.7. The van der Waals surface area contributed by atoms with Crippen molar-refractivity contribution in [1.82, 2.24) is 10.2 Å². The highest BCUT2D eigenvalue weighted by atomic mass is 35.5. The van der Waals surface area contributed by atoms with Gasteiger partial charge in [0.2, 0.25) is 5.91 Å². The maximum Gasteiger partial charge on any atom is 0.253 e. The monoisotopic (exact) mass is 389 g/mol. The van der Waals surface area contributed by atoms with Crippen LogP contribution in [0.5, 0.6) is 0 Å². The molecule has 2 aromatic carbocycles. The summed E-state index contributed by atoms with van der Waals surface area (Å²) in [4.78, 5) is 26.6. The number of nitrogens with zero attached hydrogens (tertiary/aromatic N) is 1. The molecule has 0 fully saturated rings. The number of halogens is 1. The summed E-state index contributed by atoms with van der Waals surface area (Å²) in [5.41, 5.74) is 7.44. The van der Waals surface area contributed by atoms with E-state index >= 15 is 0 Å². The highest BCUT2D eigenvalue weighted by molar-refractivity contribution is 5.94. The third-order valence-corrected chi connectivity index (χ3v) is 4.55. The average Bonchev–Trinajstić information content (AvgIpc) is 2.68. The maximum atomic E-state index is 12.5. The average molecular weight is 390 g/mol. The molecule has 1 unspecified atom stereocenters. The Morgan fingerprint density at radius 1 is 1.00 bits per heavy atom. The van der Waals surface area contributed by atoms with Crippen molar-refractivity contribution in [1.29, 1.82) is 0 Å². The zero-order valence-electron chi connectivity index (χ0n) is 16.1. The molecule has 2 aromatic rings. The van der Waals surface area contributed by atoms with Crippen molar-refractivity contribution in [2.24, 2.45) is 5.73 Å². The number of hydrogen-bond donors (Lipinski definition) is 2. The van der Waals surface area contributed by atoms with Crippen LogP contribution in [0.3, 0.4) is 0 Å². The first-order chi connectivity index (χ1) is 12.4. The SMILES string of the molecule is CCN(CC)C(=O)c1ccc(CNC(=O)C(C)(N)c2ccccc2)cc1.Cl. The lowest BCUT2D eigenvalue weighted by Crippen LogP contribution is -2.48. The summed E-state index contributed by atoms with van der Waals surface area (Å²) in [6.07, 6.45) is 0. The third-order valence-electron chi connectivity index (χ3n) is 4.55. The molecule has 0 aromatic heterocycles. The smallest absolute Gasteiger partial charge is 0.253 e. The van der Waals surface area contributed by atoms with Crippen molar-refractivity contribution in [3.8, 4) is 0 Å². The Hall–Kier alpha value is -2.37. The second-order valence-corrected chi connectivity index (χ2v) is 6.43. The Bertz CT molecular complexity index is 742. The molecule has 0 saturated carbocycles. The Balaban J connectivity index is 0.00000364. The molecular weight excluding hydrogens is 362 g/mol. The number of carbonyl (C=O) groups is 2. The zero-order chi connectivity index (χ0) is 19.2. The number of rotatable bonds is 7. The van der Waals surface area contributed by atoms with E-state index in [2.05, 4.69) is 5.32 Å². The van der Waals surface area contributed by atoms with Crippen LogP contribution < -0.4 is 11.1 Å². The molecular formula is C21H28ClN3O2. The number of nitrogens with two attached hydrogens (primary N) is 1. The molecule has 146 valence electrons. The van der Waals surface area contributed by atoms with Gasteiger partial charge in [-0.15, -0.1) is 12.4 Å². The second kappa shape index (κ2) is 10.1. The summed E-state index contributed by atoms with van der Waals surface area (Å²) in [6, 6.07) is 16.6. The van der Waals surface area contributed by atoms with Crippen LogP contribution >= 0.6 is 12.4 Å². The number of hydrogen-bond acceptors (Lipinski definition) is 3. The van der Waals surface area contributed by atoms with Crippen LogP contribution in [0.2, 0.25) is 0 Å². The summed E-state index contributed by atoms with van der Waals surface area (Å²) in [7, 11) is 0. The molecule has 0 aliphatic rings. The Kier molecular flexibility index (Phi) is 8.47. The Morgan fingerprint density at radius 3 is 2.07 bits per heavy atom. The number of nitrogens with one attached hydrogen (secondary N) is 1. The molecule has 0 bridgehead atoms. The lowest BCUT2D eigenvalue weighted by Gasteiger charge is -2.24. The van der Waals surface area contributed by atoms with E-state index in [0.717, 1.165) is 11.1 Å². The van der Waals surface area contributed by atoms with E-state index in [0.29, 0.717) is 25.2 Å². The van der Waals surface area contributed by atoms with Crippen molar-refractivity contribution in [3.05, 3.63) is 71.3 Å². The molecule has 0 aliphatic heterocycles. The molecule has 0 radical (unpaired) electrons. The van der Waals surface area contributed by atoms with Crippen LogP contribution in [0, 0.1) is 0 Å². The van der Waals surface area contributed by atoms with E-state index in [1.165, 1.54) is 0 Å². The van der Waals surface area contributed by atoms with Gasteiger partial charge in [-0.2, -0.15) is 0 Å². The van der Waals surface area contributed by atoms with Gasteiger partial charge in [0.25, 0.3) is 5.91 Å². The van der Waals surface area contributed by atoms with Crippen LogP contribution in [0.15, 0.2) is 54.6 Å². The van der Waals surface area contributed by atoms with Crippen LogP contribution in [-0.4, -0.2) is 29.8 Å². The van der Waals surface area contributed by atoms with Gasteiger partial charge in [0.15, 0.2) is 0 Å². The van der Waals surface area contributed by atoms with Gasteiger partial charge in [-0.3, -0.25) is 9.59 Å². The fourth-order valence-electron chi connectivity index (χ4n) is 2.74. The molecule has 2 amide bonds. The van der Waals surface area contributed by atoms with E-state index in [4.69, 9.17) is 5.73 Å². The molecule has 0 heterocycles. The van der Waals surface area contributed by atoms with Crippen molar-refractivity contribution in [2.45, 2.75) is 32.9 Å². The Labute approximate surface area is 167 Å². The first-order valence-electron chi connectivity index (χ1n) is 8.91. The fraction of sp³-hybridized carbons (Fsp3) is 0.333. The van der Waals surface area contributed by atoms with Crippen LogP contribution in [0.25, 0.3) is 0 Å². The van der Waals surface area contributed by atoms with Gasteiger partial charge >= 0.3 is 0 Å². The summed E-state index contributed by atoms with van der Waals surface area (Å²) >= 11 is 0. The summed E-state index contributed by atoms with van der Waals surface area (Å²) in [6.45, 7) is 7.34. The van der Waals surface area contributed by atoms with Crippen molar-refractivity contribution in [3.63, 3.8) is 0 Å². The summed E-state index contributed by atoms with van der Waals surface area (Å²) in [5, 5.41) is 2.87. The minimum atomic E-state index is -1.10. The minimum Gasteiger partial charge on any atom is -0.350 e. The van der Waals surface area contributed by atoms with Crippen molar-refractivity contribution >= 4 is 24.2 Å². The molecule has 0 spiro atoms. The second-order valence-electron chi connectivity index (χ2n) is 6.43. The maximum absolute atomic E-state index is 12.5. The summed E-state index contributed by atoms with van der Waals surface area (Å²) < 4.78 is 0. The lowest BCUT2D eigenvalue weighted by molar-refractivity contribution is -0.126. The summed E-state index contributed by atoms with van der Waals surface area (Å²) in [5.74, 6) is -0.226. The molecule has 0 saturated heterocycles. The van der Waals surface area contributed by atoms with E-state index < -0.39 is 5.54 Å². The third kappa shape index (κ3) is 5.55. The van der Waals surface area contributed by atoms with Gasteiger partial charge < -0.3 is 16.0 Å². The quantitative estimate of drug-likeness (QED) is 0.764. The minimum absolute atomic E-state index is 0. The number of carbonyl (C=O) groups excluding carboxylic acids is 2. The predicted molar refractivity (Wildman–Crippen MR) is 111 cm³/mol. The van der Waals surface area contributed by atoms with Gasteiger partial charge in [-0.1, -0.05) is 42.5 Å². The molecule has 5 nitrogen and oxygen atoms in total. The van der Waals surface area contributed by atoms with Gasteiger partial charge in [0, 0.05) is 25.2 Å². The van der Waals surface area contributed by atoms with Gasteiger partial charge in [0.05, 0.1) is 0 Å². The van der Waals surface area contributed by atoms with E-state index in [1.54, 1.807) is 24.0 Å². The molecule has 6 heteroatoms. The van der Waals surface area contributed by atoms with Gasteiger partial charge in [-0.05, 0) is 44.0 Å².